The molecule has 0 aliphatic rings. The molecule has 3 N–H and O–H groups in total. The van der Waals surface area contributed by atoms with Gasteiger partial charge in [0.15, 0.2) is 5.82 Å². The van der Waals surface area contributed by atoms with Gasteiger partial charge in [0.2, 0.25) is 5.91 Å². The fraction of sp³-hybridized carbons (Fsp3) is 0.217. The van der Waals surface area contributed by atoms with E-state index in [1.165, 1.54) is 19.2 Å². The van der Waals surface area contributed by atoms with Crippen molar-refractivity contribution in [3.05, 3.63) is 70.1 Å². The zero-order valence-electron chi connectivity index (χ0n) is 19.4. The van der Waals surface area contributed by atoms with Gasteiger partial charge in [-0.15, -0.1) is 23.7 Å². The largest absolute Gasteiger partial charge is 0.496 e. The maximum absolute atomic E-state index is 13.0. The summed E-state index contributed by atoms with van der Waals surface area (Å²) in [6.07, 6.45) is 0. The van der Waals surface area contributed by atoms with Gasteiger partial charge < -0.3 is 15.4 Å². The number of benzene rings is 2. The predicted octanol–water partition coefficient (Wildman–Crippen LogP) is 3.87. The van der Waals surface area contributed by atoms with Gasteiger partial charge in [-0.25, -0.2) is 8.42 Å². The normalized spacial score (nSPS) is 11.2. The molecule has 192 valence electrons. The van der Waals surface area contributed by atoms with Crippen LogP contribution in [0.2, 0.25) is 4.34 Å². The molecule has 1 amide bonds. The van der Waals surface area contributed by atoms with Gasteiger partial charge in [0, 0.05) is 6.54 Å². The lowest BCUT2D eigenvalue weighted by molar-refractivity contribution is -0.120. The fourth-order valence-electron chi connectivity index (χ4n) is 3.61. The van der Waals surface area contributed by atoms with Crippen molar-refractivity contribution < 1.29 is 17.9 Å². The number of hydrogen-bond acceptors (Lipinski definition) is 7. The van der Waals surface area contributed by atoms with E-state index in [9.17, 15) is 13.2 Å². The number of sulfonamides is 1. The van der Waals surface area contributed by atoms with Gasteiger partial charge in [0.1, 0.15) is 9.96 Å². The molecule has 0 spiro atoms. The first-order valence-electron chi connectivity index (χ1n) is 10.6. The van der Waals surface area contributed by atoms with Crippen LogP contribution in [0.4, 0.5) is 5.82 Å². The molecule has 4 rings (SSSR count). The third-order valence-corrected chi connectivity index (χ3v) is 8.22. The minimum Gasteiger partial charge on any atom is -0.496 e. The summed E-state index contributed by atoms with van der Waals surface area (Å²) >= 11 is 6.90. The lowest BCUT2D eigenvalue weighted by Crippen LogP contribution is -2.31. The molecule has 0 bridgehead atoms. The highest BCUT2D eigenvalue weighted by Crippen LogP contribution is 2.35. The summed E-state index contributed by atoms with van der Waals surface area (Å²) in [5.74, 6) is 0.570. The second kappa shape index (κ2) is 11.9. The van der Waals surface area contributed by atoms with Crippen LogP contribution >= 0.6 is 35.3 Å². The predicted molar refractivity (Wildman–Crippen MR) is 145 cm³/mol. The lowest BCUT2D eigenvalue weighted by atomic mass is 10.1. The number of rotatable bonds is 10. The smallest absolute Gasteiger partial charge is 0.272 e. The molecule has 0 fully saturated rings. The fourth-order valence-corrected chi connectivity index (χ4v) is 6.11. The Labute approximate surface area is 224 Å². The number of nitrogens with zero attached hydrogens (tertiary/aromatic N) is 2. The SMILES string of the molecule is CNCC(=O)NCc1cccc(Cn2nc(NS(=O)(=O)c3ccc(Cl)s3)c3c(OC)cccc32)c1.Cl. The van der Waals surface area contributed by atoms with E-state index in [-0.39, 0.29) is 34.9 Å². The Morgan fingerprint density at radius 2 is 1.89 bits per heavy atom. The van der Waals surface area contributed by atoms with Gasteiger partial charge in [-0.2, -0.15) is 5.10 Å². The molecule has 2 aromatic heterocycles. The highest BCUT2D eigenvalue weighted by Gasteiger charge is 2.23. The number of carbonyl (C=O) groups is 1. The Kier molecular flexibility index (Phi) is 9.20. The average molecular weight is 571 g/mol. The van der Waals surface area contributed by atoms with Crippen molar-refractivity contribution in [1.82, 2.24) is 20.4 Å². The van der Waals surface area contributed by atoms with Crippen LogP contribution in [0.15, 0.2) is 58.8 Å². The molecular weight excluding hydrogens is 545 g/mol. The summed E-state index contributed by atoms with van der Waals surface area (Å²) in [6, 6.07) is 16.2. The van der Waals surface area contributed by atoms with Crippen molar-refractivity contribution in [2.75, 3.05) is 25.4 Å². The molecule has 0 aliphatic heterocycles. The number of halogens is 2. The van der Waals surface area contributed by atoms with Gasteiger partial charge in [0.25, 0.3) is 10.0 Å². The molecule has 36 heavy (non-hydrogen) atoms. The summed E-state index contributed by atoms with van der Waals surface area (Å²) in [5.41, 5.74) is 2.59. The first-order valence-corrected chi connectivity index (χ1v) is 13.3. The average Bonchev–Trinajstić information content (AvgIpc) is 3.42. The molecule has 2 aromatic carbocycles. The monoisotopic (exact) mass is 569 g/mol. The minimum atomic E-state index is -3.89. The highest BCUT2D eigenvalue weighted by molar-refractivity contribution is 7.94. The lowest BCUT2D eigenvalue weighted by Gasteiger charge is -2.08. The van der Waals surface area contributed by atoms with Gasteiger partial charge in [-0.3, -0.25) is 14.2 Å². The van der Waals surface area contributed by atoms with E-state index in [4.69, 9.17) is 16.3 Å². The third kappa shape index (κ3) is 6.29. The standard InChI is InChI=1S/C23H24ClN5O4S2.ClH/c1-25-13-20(30)26-12-15-5-3-6-16(11-15)14-29-17-7-4-8-18(33-2)22(17)23(27-29)28-35(31,32)21-10-9-19(24)34-21;/h3-11,25H,12-14H2,1-2H3,(H,26,30)(H,27,28);1H. The second-order valence-corrected chi connectivity index (χ2v) is 11.3. The van der Waals surface area contributed by atoms with Crippen LogP contribution in [0.5, 0.6) is 5.75 Å². The second-order valence-electron chi connectivity index (χ2n) is 7.65. The Bertz CT molecular complexity index is 1470. The number of nitrogens with one attached hydrogen (secondary N) is 3. The summed E-state index contributed by atoms with van der Waals surface area (Å²) in [6.45, 7) is 1.03. The number of amides is 1. The molecule has 4 aromatic rings. The summed E-state index contributed by atoms with van der Waals surface area (Å²) in [4.78, 5) is 11.8. The number of carbonyl (C=O) groups excluding carboxylic acids is 1. The summed E-state index contributed by atoms with van der Waals surface area (Å²) < 4.78 is 36.2. The molecule has 13 heteroatoms. The number of likely N-dealkylation sites (N-methyl/N-ethyl adjacent to an activating group) is 1. The van der Waals surface area contributed by atoms with Crippen molar-refractivity contribution in [3.8, 4) is 5.75 Å². The third-order valence-electron chi connectivity index (χ3n) is 5.15. The molecule has 0 aliphatic carbocycles. The van der Waals surface area contributed by atoms with Gasteiger partial charge in [-0.1, -0.05) is 41.9 Å². The van der Waals surface area contributed by atoms with E-state index >= 15 is 0 Å². The van der Waals surface area contributed by atoms with E-state index in [1.54, 1.807) is 17.8 Å². The van der Waals surface area contributed by atoms with E-state index in [1.807, 2.05) is 36.4 Å². The van der Waals surface area contributed by atoms with Crippen LogP contribution in [0, 0.1) is 0 Å². The van der Waals surface area contributed by atoms with Crippen molar-refractivity contribution in [2.24, 2.45) is 0 Å². The molecule has 0 saturated heterocycles. The summed E-state index contributed by atoms with van der Waals surface area (Å²) in [7, 11) is -0.649. The van der Waals surface area contributed by atoms with Crippen molar-refractivity contribution in [1.29, 1.82) is 0 Å². The molecule has 0 saturated carbocycles. The van der Waals surface area contributed by atoms with Gasteiger partial charge in [0.05, 0.1) is 35.4 Å². The maximum atomic E-state index is 13.0. The molecule has 0 radical (unpaired) electrons. The van der Waals surface area contributed by atoms with Crippen molar-refractivity contribution in [2.45, 2.75) is 17.3 Å². The Balaban J connectivity index is 0.00000361. The quantitative estimate of drug-likeness (QED) is 0.267. The van der Waals surface area contributed by atoms with Crippen molar-refractivity contribution in [3.63, 3.8) is 0 Å². The number of anilines is 1. The van der Waals surface area contributed by atoms with Crippen LogP contribution < -0.4 is 20.1 Å². The molecule has 0 unspecified atom stereocenters. The summed E-state index contributed by atoms with van der Waals surface area (Å²) in [5, 5.41) is 10.8. The number of fused-ring (bicyclic) bond motifs is 1. The van der Waals surface area contributed by atoms with Crippen LogP contribution in [-0.4, -0.2) is 44.8 Å². The first-order chi connectivity index (χ1) is 16.8. The van der Waals surface area contributed by atoms with E-state index in [2.05, 4.69) is 20.5 Å². The van der Waals surface area contributed by atoms with Gasteiger partial charge in [-0.05, 0) is 42.4 Å². The number of methoxy groups -OCH3 is 1. The number of thiophene rings is 1. The first kappa shape index (κ1) is 27.8. The number of ether oxygens (including phenoxy) is 1. The Morgan fingerprint density at radius 3 is 2.58 bits per heavy atom. The van der Waals surface area contributed by atoms with Gasteiger partial charge >= 0.3 is 0 Å². The van der Waals surface area contributed by atoms with E-state index in [0.29, 0.717) is 34.1 Å². The zero-order chi connectivity index (χ0) is 25.0. The van der Waals surface area contributed by atoms with Crippen LogP contribution in [0.3, 0.4) is 0 Å². The molecule has 0 atom stereocenters. The maximum Gasteiger partial charge on any atom is 0.272 e. The number of aromatic nitrogens is 2. The van der Waals surface area contributed by atoms with Crippen LogP contribution in [-0.2, 0) is 27.9 Å². The molecule has 9 nitrogen and oxygen atoms in total. The van der Waals surface area contributed by atoms with E-state index in [0.717, 1.165) is 22.5 Å². The van der Waals surface area contributed by atoms with Crippen molar-refractivity contribution >= 4 is 68.0 Å². The highest BCUT2D eigenvalue weighted by atomic mass is 35.5. The Hall–Kier alpha value is -2.83. The molecular formula is C23H25Cl2N5O4S2. The number of hydrogen-bond donors (Lipinski definition) is 3. The molecule has 2 heterocycles. The van der Waals surface area contributed by atoms with Crippen LogP contribution in [0.25, 0.3) is 10.9 Å². The topological polar surface area (TPSA) is 114 Å². The Morgan fingerprint density at radius 1 is 1.14 bits per heavy atom. The van der Waals surface area contributed by atoms with Crippen LogP contribution in [0.1, 0.15) is 11.1 Å². The van der Waals surface area contributed by atoms with E-state index < -0.39 is 10.0 Å². The minimum absolute atomic E-state index is 0. The zero-order valence-corrected chi connectivity index (χ0v) is 22.7.